The largest absolute Gasteiger partial charge is 0.365 e. The van der Waals surface area contributed by atoms with Crippen molar-refractivity contribution in [3.8, 4) is 0 Å². The summed E-state index contributed by atoms with van der Waals surface area (Å²) in [4.78, 5) is 20.0. The van der Waals surface area contributed by atoms with Crippen LogP contribution in [0.15, 0.2) is 34.5 Å². The van der Waals surface area contributed by atoms with E-state index in [1.165, 1.54) is 21.8 Å². The van der Waals surface area contributed by atoms with Crippen LogP contribution in [0.1, 0.15) is 28.9 Å². The van der Waals surface area contributed by atoms with Crippen molar-refractivity contribution in [1.29, 1.82) is 0 Å². The molecule has 0 unspecified atom stereocenters. The minimum absolute atomic E-state index is 0.0572. The Labute approximate surface area is 145 Å². The normalized spacial score (nSPS) is 15.7. The number of anilines is 1. The van der Waals surface area contributed by atoms with Gasteiger partial charge in [0.25, 0.3) is 5.91 Å². The van der Waals surface area contributed by atoms with Gasteiger partial charge in [0.2, 0.25) is 0 Å². The summed E-state index contributed by atoms with van der Waals surface area (Å²) in [5.41, 5.74) is 1.86. The summed E-state index contributed by atoms with van der Waals surface area (Å²) in [5, 5.41) is 6.19. The molecule has 1 fully saturated rings. The molecule has 0 spiro atoms. The van der Waals surface area contributed by atoms with Crippen LogP contribution in [-0.2, 0) is 0 Å². The summed E-state index contributed by atoms with van der Waals surface area (Å²) in [6.45, 7) is 3.75. The number of thiazole rings is 1. The highest BCUT2D eigenvalue weighted by Crippen LogP contribution is 2.31. The maximum Gasteiger partial charge on any atom is 0.273 e. The summed E-state index contributed by atoms with van der Waals surface area (Å²) in [6.07, 6.45) is 2.07. The van der Waals surface area contributed by atoms with E-state index >= 15 is 0 Å². The lowest BCUT2D eigenvalue weighted by atomic mass is 10.1. The van der Waals surface area contributed by atoms with Crippen LogP contribution in [0.4, 0.5) is 5.13 Å². The van der Waals surface area contributed by atoms with Crippen LogP contribution in [0.2, 0.25) is 0 Å². The van der Waals surface area contributed by atoms with E-state index < -0.39 is 0 Å². The van der Waals surface area contributed by atoms with Crippen molar-refractivity contribution in [3.63, 3.8) is 0 Å². The second kappa shape index (κ2) is 7.36. The van der Waals surface area contributed by atoms with Crippen molar-refractivity contribution in [3.05, 3.63) is 40.9 Å². The summed E-state index contributed by atoms with van der Waals surface area (Å²) in [5.74, 6) is 0.0572. The van der Waals surface area contributed by atoms with Crippen LogP contribution in [0.25, 0.3) is 0 Å². The van der Waals surface area contributed by atoms with Gasteiger partial charge in [-0.2, -0.15) is 0 Å². The number of carbonyl (C=O) groups is 1. The van der Waals surface area contributed by atoms with Crippen molar-refractivity contribution in [1.82, 2.24) is 9.88 Å². The van der Waals surface area contributed by atoms with Crippen LogP contribution in [0.3, 0.4) is 0 Å². The fraction of sp³-hybridized carbons (Fsp3) is 0.412. The van der Waals surface area contributed by atoms with Crippen molar-refractivity contribution < 1.29 is 4.79 Å². The molecule has 1 saturated heterocycles. The molecule has 0 aliphatic carbocycles. The molecule has 0 atom stereocenters. The molecule has 1 aliphatic heterocycles. The lowest BCUT2D eigenvalue weighted by Crippen LogP contribution is -2.39. The number of nitrogens with zero attached hydrogens (tertiary/aromatic N) is 2. The Kier molecular flexibility index (Phi) is 5.23. The zero-order valence-corrected chi connectivity index (χ0v) is 15.0. The Morgan fingerprint density at radius 3 is 2.83 bits per heavy atom. The van der Waals surface area contributed by atoms with E-state index in [4.69, 9.17) is 0 Å². The van der Waals surface area contributed by atoms with Gasteiger partial charge in [-0.3, -0.25) is 4.79 Å². The highest BCUT2D eigenvalue weighted by atomic mass is 32.2. The Hall–Kier alpha value is -1.53. The van der Waals surface area contributed by atoms with E-state index in [0.717, 1.165) is 31.1 Å². The zero-order chi connectivity index (χ0) is 16.2. The Bertz CT molecular complexity index is 678. The second-order valence-electron chi connectivity index (χ2n) is 5.71. The molecule has 0 saturated carbocycles. The van der Waals surface area contributed by atoms with Crippen molar-refractivity contribution in [2.24, 2.45) is 0 Å². The SMILES string of the molecule is CNc1nc(C(=O)N2CCC(Sc3cccc(C)c3)CC2)cs1. The maximum absolute atomic E-state index is 12.5. The van der Waals surface area contributed by atoms with E-state index in [1.807, 2.05) is 29.1 Å². The second-order valence-corrected chi connectivity index (χ2v) is 7.95. The number of aromatic nitrogens is 1. The average molecular weight is 348 g/mol. The fourth-order valence-corrected chi connectivity index (χ4v) is 4.59. The van der Waals surface area contributed by atoms with Gasteiger partial charge in [-0.05, 0) is 31.9 Å². The van der Waals surface area contributed by atoms with Gasteiger partial charge in [0.1, 0.15) is 5.69 Å². The number of amides is 1. The van der Waals surface area contributed by atoms with E-state index in [1.54, 1.807) is 0 Å². The maximum atomic E-state index is 12.5. The third-order valence-electron chi connectivity index (χ3n) is 3.96. The van der Waals surface area contributed by atoms with Gasteiger partial charge in [0, 0.05) is 35.7 Å². The molecule has 2 heterocycles. The summed E-state index contributed by atoms with van der Waals surface area (Å²) in [6, 6.07) is 8.64. The van der Waals surface area contributed by atoms with Crippen LogP contribution >= 0.6 is 23.1 Å². The molecular weight excluding hydrogens is 326 g/mol. The predicted molar refractivity (Wildman–Crippen MR) is 97.6 cm³/mol. The monoisotopic (exact) mass is 347 g/mol. The van der Waals surface area contributed by atoms with Crippen molar-refractivity contribution in [2.45, 2.75) is 29.9 Å². The Morgan fingerprint density at radius 1 is 1.39 bits per heavy atom. The minimum atomic E-state index is 0.0572. The number of aryl methyl sites for hydroxylation is 1. The molecule has 0 bridgehead atoms. The number of hydrogen-bond donors (Lipinski definition) is 1. The third-order valence-corrected chi connectivity index (χ3v) is 6.15. The molecule has 1 aromatic carbocycles. The smallest absolute Gasteiger partial charge is 0.273 e. The number of thioether (sulfide) groups is 1. The number of benzene rings is 1. The Morgan fingerprint density at radius 2 is 2.17 bits per heavy atom. The number of likely N-dealkylation sites (tertiary alicyclic amines) is 1. The summed E-state index contributed by atoms with van der Waals surface area (Å²) in [7, 11) is 1.82. The first-order valence-corrected chi connectivity index (χ1v) is 9.57. The molecule has 6 heteroatoms. The lowest BCUT2D eigenvalue weighted by Gasteiger charge is -2.31. The molecule has 1 aliphatic rings. The van der Waals surface area contributed by atoms with E-state index in [-0.39, 0.29) is 5.91 Å². The van der Waals surface area contributed by atoms with Crippen LogP contribution < -0.4 is 5.32 Å². The van der Waals surface area contributed by atoms with Gasteiger partial charge >= 0.3 is 0 Å². The van der Waals surface area contributed by atoms with Gasteiger partial charge in [0.05, 0.1) is 0 Å². The molecule has 1 aromatic heterocycles. The van der Waals surface area contributed by atoms with Gasteiger partial charge in [-0.15, -0.1) is 23.1 Å². The number of rotatable bonds is 4. The highest BCUT2D eigenvalue weighted by molar-refractivity contribution is 8.00. The minimum Gasteiger partial charge on any atom is -0.365 e. The van der Waals surface area contributed by atoms with Crippen molar-refractivity contribution >= 4 is 34.1 Å². The van der Waals surface area contributed by atoms with Gasteiger partial charge in [0.15, 0.2) is 5.13 Å². The molecule has 0 radical (unpaired) electrons. The van der Waals surface area contributed by atoms with Gasteiger partial charge < -0.3 is 10.2 Å². The van der Waals surface area contributed by atoms with Gasteiger partial charge in [-0.1, -0.05) is 17.7 Å². The molecule has 1 amide bonds. The fourth-order valence-electron chi connectivity index (χ4n) is 2.71. The topological polar surface area (TPSA) is 45.2 Å². The first kappa shape index (κ1) is 16.3. The van der Waals surface area contributed by atoms with E-state index in [9.17, 15) is 4.79 Å². The zero-order valence-electron chi connectivity index (χ0n) is 13.4. The number of carbonyl (C=O) groups excluding carboxylic acids is 1. The number of nitrogens with one attached hydrogen (secondary N) is 1. The van der Waals surface area contributed by atoms with Crippen LogP contribution in [0, 0.1) is 6.92 Å². The van der Waals surface area contributed by atoms with Gasteiger partial charge in [-0.25, -0.2) is 4.98 Å². The average Bonchev–Trinajstić information content (AvgIpc) is 3.04. The molecule has 3 rings (SSSR count). The summed E-state index contributed by atoms with van der Waals surface area (Å²) >= 11 is 3.41. The van der Waals surface area contributed by atoms with E-state index in [0.29, 0.717) is 10.9 Å². The van der Waals surface area contributed by atoms with E-state index in [2.05, 4.69) is 41.5 Å². The van der Waals surface area contributed by atoms with Crippen molar-refractivity contribution in [2.75, 3.05) is 25.5 Å². The predicted octanol–water partition coefficient (Wildman–Crippen LogP) is 3.89. The summed E-state index contributed by atoms with van der Waals surface area (Å²) < 4.78 is 0. The molecule has 23 heavy (non-hydrogen) atoms. The lowest BCUT2D eigenvalue weighted by molar-refractivity contribution is 0.0722. The molecule has 4 nitrogen and oxygen atoms in total. The highest BCUT2D eigenvalue weighted by Gasteiger charge is 2.25. The van der Waals surface area contributed by atoms with Crippen LogP contribution in [0.5, 0.6) is 0 Å². The van der Waals surface area contributed by atoms with Crippen LogP contribution in [-0.4, -0.2) is 41.2 Å². The molecule has 122 valence electrons. The first-order chi connectivity index (χ1) is 11.2. The molecule has 1 N–H and O–H groups in total. The number of hydrogen-bond acceptors (Lipinski definition) is 5. The molecule has 2 aromatic rings. The first-order valence-electron chi connectivity index (χ1n) is 7.81. The quantitative estimate of drug-likeness (QED) is 0.911. The number of piperidine rings is 1. The molecular formula is C17H21N3OS2. The Balaban J connectivity index is 1.54. The third kappa shape index (κ3) is 4.06. The standard InChI is InChI=1S/C17H21N3OS2/c1-12-4-3-5-14(10-12)23-13-6-8-20(9-7-13)16(21)15-11-22-17(18-2)19-15/h3-5,10-11,13H,6-9H2,1-2H3,(H,18,19).